The fourth-order valence-electron chi connectivity index (χ4n) is 4.90. The van der Waals surface area contributed by atoms with Gasteiger partial charge in [-0.2, -0.15) is 13.2 Å². The van der Waals surface area contributed by atoms with E-state index in [0.717, 1.165) is 25.8 Å². The molecule has 3 unspecified atom stereocenters. The maximum Gasteiger partial charge on any atom is 0.393 e. The summed E-state index contributed by atoms with van der Waals surface area (Å²) in [6.45, 7) is 7.49. The number of hydrogen-bond donors (Lipinski definition) is 0. The molecule has 3 aliphatic rings. The van der Waals surface area contributed by atoms with E-state index in [1.807, 2.05) is 4.90 Å². The highest BCUT2D eigenvalue weighted by Crippen LogP contribution is 2.53. The molecule has 2 bridgehead atoms. The van der Waals surface area contributed by atoms with Crippen LogP contribution in [-0.2, 0) is 4.79 Å². The average Bonchev–Trinajstić information content (AvgIpc) is 2.87. The van der Waals surface area contributed by atoms with Gasteiger partial charge in [0.15, 0.2) is 0 Å². The third kappa shape index (κ3) is 3.72. The van der Waals surface area contributed by atoms with Crippen LogP contribution in [0.2, 0.25) is 0 Å². The highest BCUT2D eigenvalue weighted by atomic mass is 32.2. The van der Waals surface area contributed by atoms with Crippen molar-refractivity contribution < 1.29 is 18.0 Å². The average molecular weight is 347 g/mol. The lowest BCUT2D eigenvalue weighted by Gasteiger charge is -2.39. The molecule has 130 valence electrons. The van der Waals surface area contributed by atoms with Crippen LogP contribution in [0.5, 0.6) is 0 Å². The largest absolute Gasteiger partial charge is 0.393 e. The minimum atomic E-state index is -4.20. The van der Waals surface area contributed by atoms with Crippen LogP contribution in [-0.4, -0.2) is 35.3 Å². The number of alkyl halides is 3. The van der Waals surface area contributed by atoms with E-state index >= 15 is 0 Å². The van der Waals surface area contributed by atoms with Gasteiger partial charge in [0.25, 0.3) is 0 Å². The summed E-state index contributed by atoms with van der Waals surface area (Å²) in [5, 5.41) is 0. The molecular formula is C17H24F3NOS. The zero-order valence-electron chi connectivity index (χ0n) is 13.9. The molecule has 0 aromatic rings. The van der Waals surface area contributed by atoms with Crippen LogP contribution >= 0.6 is 11.8 Å². The first-order valence-electron chi connectivity index (χ1n) is 8.17. The van der Waals surface area contributed by atoms with Crippen LogP contribution in [0.15, 0.2) is 11.0 Å². The zero-order valence-corrected chi connectivity index (χ0v) is 14.7. The Labute approximate surface area is 139 Å². The Hall–Kier alpha value is -0.650. The van der Waals surface area contributed by atoms with E-state index in [2.05, 4.69) is 20.8 Å². The van der Waals surface area contributed by atoms with Gasteiger partial charge in [-0.3, -0.25) is 4.79 Å². The molecule has 2 fully saturated rings. The molecule has 0 aromatic carbocycles. The Morgan fingerprint density at radius 1 is 1.35 bits per heavy atom. The minimum absolute atomic E-state index is 0.0288. The molecule has 1 saturated heterocycles. The van der Waals surface area contributed by atoms with Crippen molar-refractivity contribution in [2.45, 2.75) is 58.7 Å². The fraction of sp³-hybridized carbons (Fsp3) is 0.824. The third-order valence-electron chi connectivity index (χ3n) is 5.23. The third-order valence-corrected chi connectivity index (χ3v) is 6.40. The first kappa shape index (κ1) is 17.2. The number of carbonyl (C=O) groups excluding carboxylic acids is 1. The predicted octanol–water partition coefficient (Wildman–Crippen LogP) is 4.61. The van der Waals surface area contributed by atoms with Crippen molar-refractivity contribution >= 4 is 17.7 Å². The molecule has 6 heteroatoms. The van der Waals surface area contributed by atoms with Gasteiger partial charge in [-0.25, -0.2) is 0 Å². The molecule has 2 aliphatic heterocycles. The number of hydrogen-bond acceptors (Lipinski definition) is 2. The van der Waals surface area contributed by atoms with Crippen LogP contribution in [0.3, 0.4) is 0 Å². The van der Waals surface area contributed by atoms with Crippen molar-refractivity contribution in [3.05, 3.63) is 11.0 Å². The van der Waals surface area contributed by atoms with E-state index in [4.69, 9.17) is 0 Å². The molecule has 0 spiro atoms. The molecule has 2 heterocycles. The van der Waals surface area contributed by atoms with Crippen LogP contribution in [0, 0.1) is 16.7 Å². The molecule has 0 radical (unpaired) electrons. The second-order valence-corrected chi connectivity index (χ2v) is 9.67. The van der Waals surface area contributed by atoms with E-state index in [0.29, 0.717) is 10.7 Å². The summed E-state index contributed by atoms with van der Waals surface area (Å²) < 4.78 is 37.5. The highest BCUT2D eigenvalue weighted by Gasteiger charge is 2.51. The summed E-state index contributed by atoms with van der Waals surface area (Å²) >= 11 is 1.18. The summed E-state index contributed by atoms with van der Waals surface area (Å²) in [6, 6.07) is 0.251. The van der Waals surface area contributed by atoms with Gasteiger partial charge in [0, 0.05) is 18.3 Å². The van der Waals surface area contributed by atoms with Gasteiger partial charge in [-0.05, 0) is 35.0 Å². The molecule has 3 atom stereocenters. The lowest BCUT2D eigenvalue weighted by atomic mass is 9.65. The SMILES string of the molecule is CC1(C)CC2CC(C)(CN2C(=O)C2C=C(CC(F)(F)F)SC2)C1. The second kappa shape index (κ2) is 5.43. The number of thioether (sulfide) groups is 1. The molecule has 23 heavy (non-hydrogen) atoms. The fourth-order valence-corrected chi connectivity index (χ4v) is 6.06. The highest BCUT2D eigenvalue weighted by molar-refractivity contribution is 8.03. The number of nitrogens with zero attached hydrogens (tertiary/aromatic N) is 1. The number of allylic oxidation sites excluding steroid dienone is 1. The van der Waals surface area contributed by atoms with E-state index in [1.54, 1.807) is 6.08 Å². The van der Waals surface area contributed by atoms with Gasteiger partial charge in [-0.1, -0.05) is 26.8 Å². The van der Waals surface area contributed by atoms with E-state index in [9.17, 15) is 18.0 Å². The Balaban J connectivity index is 1.70. The topological polar surface area (TPSA) is 20.3 Å². The van der Waals surface area contributed by atoms with Crippen molar-refractivity contribution in [2.75, 3.05) is 12.3 Å². The summed E-state index contributed by atoms with van der Waals surface area (Å²) in [6.07, 6.45) is -0.423. The minimum Gasteiger partial charge on any atom is -0.339 e. The Kier molecular flexibility index (Phi) is 4.06. The normalized spacial score (nSPS) is 36.3. The van der Waals surface area contributed by atoms with Gasteiger partial charge in [0.1, 0.15) is 0 Å². The van der Waals surface area contributed by atoms with Gasteiger partial charge in [-0.15, -0.1) is 11.8 Å². The Morgan fingerprint density at radius 3 is 2.70 bits per heavy atom. The van der Waals surface area contributed by atoms with E-state index < -0.39 is 12.6 Å². The maximum absolute atomic E-state index is 12.8. The van der Waals surface area contributed by atoms with Crippen LogP contribution in [0.25, 0.3) is 0 Å². The van der Waals surface area contributed by atoms with E-state index in [1.165, 1.54) is 11.8 Å². The second-order valence-electron chi connectivity index (χ2n) is 8.52. The van der Waals surface area contributed by atoms with Crippen LogP contribution < -0.4 is 0 Å². The smallest absolute Gasteiger partial charge is 0.339 e. The molecular weight excluding hydrogens is 323 g/mol. The number of rotatable bonds is 2. The predicted molar refractivity (Wildman–Crippen MR) is 85.9 cm³/mol. The molecule has 0 aromatic heterocycles. The molecule has 1 saturated carbocycles. The number of amides is 1. The summed E-state index contributed by atoms with van der Waals surface area (Å²) in [4.78, 5) is 15.1. The lowest BCUT2D eigenvalue weighted by molar-refractivity contribution is -0.134. The van der Waals surface area contributed by atoms with Crippen molar-refractivity contribution in [3.8, 4) is 0 Å². The van der Waals surface area contributed by atoms with Gasteiger partial charge in [0.2, 0.25) is 5.91 Å². The summed E-state index contributed by atoms with van der Waals surface area (Å²) in [5.74, 6) is 0.0950. The zero-order chi connectivity index (χ0) is 17.0. The monoisotopic (exact) mass is 347 g/mol. The molecule has 2 nitrogen and oxygen atoms in total. The lowest BCUT2D eigenvalue weighted by Crippen LogP contribution is -2.40. The van der Waals surface area contributed by atoms with Gasteiger partial charge >= 0.3 is 6.18 Å². The molecule has 0 N–H and O–H groups in total. The molecule has 1 aliphatic carbocycles. The Morgan fingerprint density at radius 2 is 2.04 bits per heavy atom. The first-order chi connectivity index (χ1) is 10.5. The Bertz CT molecular complexity index is 542. The van der Waals surface area contributed by atoms with Gasteiger partial charge in [0.05, 0.1) is 12.3 Å². The van der Waals surface area contributed by atoms with E-state index in [-0.39, 0.29) is 28.7 Å². The first-order valence-corrected chi connectivity index (χ1v) is 9.16. The van der Waals surface area contributed by atoms with Crippen LogP contribution in [0.1, 0.15) is 46.5 Å². The number of likely N-dealkylation sites (tertiary alicyclic amines) is 1. The quantitative estimate of drug-likeness (QED) is 0.727. The standard InChI is InChI=1S/C17H24F3NOS/c1-15(2)5-12-6-16(3,9-15)10-21(12)14(22)11-4-13(23-8-11)7-17(18,19)20/h4,11-12H,5-10H2,1-3H3. The maximum atomic E-state index is 12.8. The molecule has 1 amide bonds. The number of carbonyl (C=O) groups is 1. The van der Waals surface area contributed by atoms with Crippen molar-refractivity contribution in [1.82, 2.24) is 4.90 Å². The number of halogens is 3. The van der Waals surface area contributed by atoms with Crippen LogP contribution in [0.4, 0.5) is 13.2 Å². The summed E-state index contributed by atoms with van der Waals surface area (Å²) in [7, 11) is 0. The van der Waals surface area contributed by atoms with Crippen molar-refractivity contribution in [3.63, 3.8) is 0 Å². The summed E-state index contributed by atoms with van der Waals surface area (Å²) in [5.41, 5.74) is 0.390. The molecule has 3 rings (SSSR count). The van der Waals surface area contributed by atoms with Crippen molar-refractivity contribution in [2.24, 2.45) is 16.7 Å². The van der Waals surface area contributed by atoms with Crippen molar-refractivity contribution in [1.29, 1.82) is 0 Å². The number of fused-ring (bicyclic) bond motifs is 2. The van der Waals surface area contributed by atoms with Gasteiger partial charge < -0.3 is 4.90 Å².